The van der Waals surface area contributed by atoms with E-state index >= 15 is 0 Å². The SMILES string of the molecule is Cc1ccc2c(c1-c1cc(N)no1)OCO2. The van der Waals surface area contributed by atoms with Crippen LogP contribution < -0.4 is 15.2 Å². The van der Waals surface area contributed by atoms with Gasteiger partial charge in [-0.2, -0.15) is 0 Å². The summed E-state index contributed by atoms with van der Waals surface area (Å²) in [6.45, 7) is 2.20. The Kier molecular flexibility index (Phi) is 1.80. The zero-order valence-electron chi connectivity index (χ0n) is 8.69. The third-order valence-electron chi connectivity index (χ3n) is 2.52. The molecule has 0 fully saturated rings. The molecular weight excluding hydrogens is 208 g/mol. The Morgan fingerprint density at radius 2 is 2.19 bits per heavy atom. The molecule has 0 atom stereocenters. The molecule has 0 unspecified atom stereocenters. The summed E-state index contributed by atoms with van der Waals surface area (Å²) in [7, 11) is 0. The van der Waals surface area contributed by atoms with Crippen molar-refractivity contribution >= 4 is 5.82 Å². The highest BCUT2D eigenvalue weighted by Gasteiger charge is 2.22. The highest BCUT2D eigenvalue weighted by molar-refractivity contribution is 5.75. The molecule has 0 radical (unpaired) electrons. The van der Waals surface area contributed by atoms with Crippen molar-refractivity contribution in [3.05, 3.63) is 23.8 Å². The second-order valence-corrected chi connectivity index (χ2v) is 3.61. The molecule has 0 saturated heterocycles. The molecule has 16 heavy (non-hydrogen) atoms. The van der Waals surface area contributed by atoms with Gasteiger partial charge >= 0.3 is 0 Å². The molecule has 0 spiro atoms. The van der Waals surface area contributed by atoms with Gasteiger partial charge in [0.05, 0.1) is 5.56 Å². The summed E-state index contributed by atoms with van der Waals surface area (Å²) in [5.74, 6) is 2.36. The van der Waals surface area contributed by atoms with E-state index in [1.54, 1.807) is 6.07 Å². The second kappa shape index (κ2) is 3.16. The van der Waals surface area contributed by atoms with Crippen LogP contribution in [-0.4, -0.2) is 11.9 Å². The van der Waals surface area contributed by atoms with E-state index in [4.69, 9.17) is 19.7 Å². The lowest BCUT2D eigenvalue weighted by Gasteiger charge is -2.05. The summed E-state index contributed by atoms with van der Waals surface area (Å²) in [6.07, 6.45) is 0. The normalized spacial score (nSPS) is 13.1. The molecule has 0 bridgehead atoms. The zero-order chi connectivity index (χ0) is 11.1. The fourth-order valence-corrected chi connectivity index (χ4v) is 1.78. The van der Waals surface area contributed by atoms with E-state index in [-0.39, 0.29) is 6.79 Å². The standard InChI is InChI=1S/C11H10N2O3/c1-6-2-3-7-11(15-5-14-7)10(6)8-4-9(12)13-16-8/h2-4H,5H2,1H3,(H2,12,13). The number of aryl methyl sites for hydroxylation is 1. The Morgan fingerprint density at radius 3 is 2.94 bits per heavy atom. The maximum atomic E-state index is 5.53. The summed E-state index contributed by atoms with van der Waals surface area (Å²) in [4.78, 5) is 0. The number of rotatable bonds is 1. The van der Waals surface area contributed by atoms with Gasteiger partial charge in [0.2, 0.25) is 6.79 Å². The van der Waals surface area contributed by atoms with Crippen LogP contribution in [0.1, 0.15) is 5.56 Å². The van der Waals surface area contributed by atoms with E-state index in [0.717, 1.165) is 16.9 Å². The Morgan fingerprint density at radius 1 is 1.31 bits per heavy atom. The number of ether oxygens (including phenoxy) is 2. The molecule has 2 N–H and O–H groups in total. The van der Waals surface area contributed by atoms with Crippen molar-refractivity contribution < 1.29 is 14.0 Å². The molecule has 5 nitrogen and oxygen atoms in total. The lowest BCUT2D eigenvalue weighted by Crippen LogP contribution is -1.93. The van der Waals surface area contributed by atoms with Gasteiger partial charge in [0, 0.05) is 6.07 Å². The topological polar surface area (TPSA) is 70.5 Å². The van der Waals surface area contributed by atoms with Crippen molar-refractivity contribution in [2.45, 2.75) is 6.92 Å². The van der Waals surface area contributed by atoms with Crippen molar-refractivity contribution in [2.75, 3.05) is 12.5 Å². The van der Waals surface area contributed by atoms with Crippen LogP contribution in [0.4, 0.5) is 5.82 Å². The van der Waals surface area contributed by atoms with E-state index in [1.807, 2.05) is 19.1 Å². The molecule has 5 heteroatoms. The molecule has 1 aliphatic heterocycles. The van der Waals surface area contributed by atoms with Crippen LogP contribution in [0.2, 0.25) is 0 Å². The minimum atomic E-state index is 0.232. The van der Waals surface area contributed by atoms with E-state index < -0.39 is 0 Å². The van der Waals surface area contributed by atoms with Crippen molar-refractivity contribution in [1.29, 1.82) is 0 Å². The van der Waals surface area contributed by atoms with Crippen LogP contribution in [0.25, 0.3) is 11.3 Å². The van der Waals surface area contributed by atoms with Crippen LogP contribution >= 0.6 is 0 Å². The van der Waals surface area contributed by atoms with Crippen LogP contribution in [0.3, 0.4) is 0 Å². The summed E-state index contributed by atoms with van der Waals surface area (Å²) < 4.78 is 15.9. The molecule has 0 aliphatic carbocycles. The van der Waals surface area contributed by atoms with Gasteiger partial charge in [-0.25, -0.2) is 0 Å². The van der Waals surface area contributed by atoms with E-state index in [9.17, 15) is 0 Å². The monoisotopic (exact) mass is 218 g/mol. The van der Waals surface area contributed by atoms with E-state index in [0.29, 0.717) is 17.3 Å². The predicted molar refractivity (Wildman–Crippen MR) is 57.2 cm³/mol. The zero-order valence-corrected chi connectivity index (χ0v) is 8.69. The number of aromatic nitrogens is 1. The van der Waals surface area contributed by atoms with Gasteiger partial charge < -0.3 is 19.7 Å². The average Bonchev–Trinajstić information content (AvgIpc) is 2.86. The Labute approximate surface area is 91.7 Å². The molecule has 1 aromatic heterocycles. The summed E-state index contributed by atoms with van der Waals surface area (Å²) in [5, 5.41) is 3.67. The number of anilines is 1. The highest BCUT2D eigenvalue weighted by Crippen LogP contribution is 2.43. The first-order chi connectivity index (χ1) is 7.75. The number of benzene rings is 1. The molecule has 82 valence electrons. The van der Waals surface area contributed by atoms with Gasteiger partial charge in [-0.3, -0.25) is 0 Å². The van der Waals surface area contributed by atoms with Crippen molar-refractivity contribution in [1.82, 2.24) is 5.16 Å². The van der Waals surface area contributed by atoms with Crippen molar-refractivity contribution in [3.63, 3.8) is 0 Å². The first kappa shape index (κ1) is 9.08. The number of nitrogen functional groups attached to an aromatic ring is 1. The van der Waals surface area contributed by atoms with Gasteiger partial charge in [0.1, 0.15) is 0 Å². The molecule has 1 aliphatic rings. The predicted octanol–water partition coefficient (Wildman–Crippen LogP) is 1.96. The van der Waals surface area contributed by atoms with Crippen LogP contribution in [-0.2, 0) is 0 Å². The number of hydrogen-bond donors (Lipinski definition) is 1. The summed E-state index contributed by atoms with van der Waals surface area (Å²) >= 11 is 0. The van der Waals surface area contributed by atoms with Crippen LogP contribution in [0.15, 0.2) is 22.7 Å². The number of nitrogens with zero attached hydrogens (tertiary/aromatic N) is 1. The quantitative estimate of drug-likeness (QED) is 0.792. The molecule has 2 aromatic rings. The first-order valence-electron chi connectivity index (χ1n) is 4.87. The second-order valence-electron chi connectivity index (χ2n) is 3.61. The Hall–Kier alpha value is -2.17. The fraction of sp³-hybridized carbons (Fsp3) is 0.182. The Bertz CT molecular complexity index is 548. The Balaban J connectivity index is 2.23. The molecule has 3 rings (SSSR count). The summed E-state index contributed by atoms with van der Waals surface area (Å²) in [6, 6.07) is 5.49. The minimum Gasteiger partial charge on any atom is -0.454 e. The molecule has 0 saturated carbocycles. The lowest BCUT2D eigenvalue weighted by molar-refractivity contribution is 0.174. The maximum Gasteiger partial charge on any atom is 0.231 e. The highest BCUT2D eigenvalue weighted by atomic mass is 16.7. The lowest BCUT2D eigenvalue weighted by atomic mass is 10.0. The first-order valence-corrected chi connectivity index (χ1v) is 4.87. The average molecular weight is 218 g/mol. The number of nitrogens with two attached hydrogens (primary N) is 1. The molecule has 1 aromatic carbocycles. The molecule has 2 heterocycles. The van der Waals surface area contributed by atoms with Crippen LogP contribution in [0, 0.1) is 6.92 Å². The van der Waals surface area contributed by atoms with Gasteiger partial charge in [-0.1, -0.05) is 11.2 Å². The van der Waals surface area contributed by atoms with E-state index in [1.165, 1.54) is 0 Å². The smallest absolute Gasteiger partial charge is 0.231 e. The largest absolute Gasteiger partial charge is 0.454 e. The summed E-state index contributed by atoms with van der Waals surface area (Å²) in [5.41, 5.74) is 7.41. The number of fused-ring (bicyclic) bond motifs is 1. The fourth-order valence-electron chi connectivity index (χ4n) is 1.78. The number of hydrogen-bond acceptors (Lipinski definition) is 5. The van der Waals surface area contributed by atoms with Crippen LogP contribution in [0.5, 0.6) is 11.5 Å². The van der Waals surface area contributed by atoms with Crippen molar-refractivity contribution in [3.8, 4) is 22.8 Å². The molecular formula is C11H10N2O3. The van der Waals surface area contributed by atoms with E-state index in [2.05, 4.69) is 5.16 Å². The van der Waals surface area contributed by atoms with Gasteiger partial charge in [-0.15, -0.1) is 0 Å². The van der Waals surface area contributed by atoms with Gasteiger partial charge in [0.15, 0.2) is 23.1 Å². The molecule has 0 amide bonds. The maximum absolute atomic E-state index is 5.53. The third kappa shape index (κ3) is 1.21. The van der Waals surface area contributed by atoms with Gasteiger partial charge in [-0.05, 0) is 18.6 Å². The minimum absolute atomic E-state index is 0.232. The third-order valence-corrected chi connectivity index (χ3v) is 2.52. The van der Waals surface area contributed by atoms with Gasteiger partial charge in [0.25, 0.3) is 0 Å². The van der Waals surface area contributed by atoms with Crippen molar-refractivity contribution in [2.24, 2.45) is 0 Å².